The van der Waals surface area contributed by atoms with Crippen LogP contribution in [0.2, 0.25) is 0 Å². The van der Waals surface area contributed by atoms with E-state index in [0.717, 1.165) is 55.2 Å². The molecule has 26 heavy (non-hydrogen) atoms. The Bertz CT molecular complexity index is 799. The van der Waals surface area contributed by atoms with E-state index in [1.165, 1.54) is 0 Å². The molecule has 1 saturated heterocycles. The SMILES string of the molecule is c1ccc(COC2CCN(Cc3cc(-c4ccncc4)no3)CC2)nc1. The fraction of sp³-hybridized carbons (Fsp3) is 0.350. The number of nitrogens with zero attached hydrogens (tertiary/aromatic N) is 4. The molecule has 0 aromatic carbocycles. The third-order valence-electron chi connectivity index (χ3n) is 4.64. The van der Waals surface area contributed by atoms with Gasteiger partial charge in [0.2, 0.25) is 0 Å². The highest BCUT2D eigenvalue weighted by Crippen LogP contribution is 2.21. The van der Waals surface area contributed by atoms with E-state index >= 15 is 0 Å². The molecule has 1 aliphatic rings. The first-order valence-corrected chi connectivity index (χ1v) is 8.97. The quantitative estimate of drug-likeness (QED) is 0.679. The summed E-state index contributed by atoms with van der Waals surface area (Å²) < 4.78 is 11.5. The first-order valence-electron chi connectivity index (χ1n) is 8.97. The first kappa shape index (κ1) is 16.9. The second kappa shape index (κ2) is 8.21. The lowest BCUT2D eigenvalue weighted by Gasteiger charge is -2.31. The molecule has 0 aliphatic carbocycles. The first-order chi connectivity index (χ1) is 12.9. The van der Waals surface area contributed by atoms with Gasteiger partial charge in [-0.25, -0.2) is 0 Å². The topological polar surface area (TPSA) is 64.3 Å². The molecule has 1 fully saturated rings. The van der Waals surface area contributed by atoms with Crippen LogP contribution in [0.4, 0.5) is 0 Å². The van der Waals surface area contributed by atoms with E-state index in [9.17, 15) is 0 Å². The molecule has 6 nitrogen and oxygen atoms in total. The lowest BCUT2D eigenvalue weighted by molar-refractivity contribution is -0.00652. The van der Waals surface area contributed by atoms with E-state index in [4.69, 9.17) is 9.26 Å². The maximum atomic E-state index is 6.00. The number of piperidine rings is 1. The van der Waals surface area contributed by atoms with Gasteiger partial charge in [-0.2, -0.15) is 0 Å². The summed E-state index contributed by atoms with van der Waals surface area (Å²) in [6.07, 6.45) is 7.68. The molecular weight excluding hydrogens is 328 g/mol. The van der Waals surface area contributed by atoms with E-state index in [-0.39, 0.29) is 0 Å². The van der Waals surface area contributed by atoms with Gasteiger partial charge in [0.15, 0.2) is 5.76 Å². The van der Waals surface area contributed by atoms with Crippen molar-refractivity contribution in [1.29, 1.82) is 0 Å². The van der Waals surface area contributed by atoms with Crippen LogP contribution in [0.15, 0.2) is 59.5 Å². The van der Waals surface area contributed by atoms with Gasteiger partial charge >= 0.3 is 0 Å². The largest absolute Gasteiger partial charge is 0.372 e. The third kappa shape index (κ3) is 4.33. The van der Waals surface area contributed by atoms with Crippen LogP contribution in [0.25, 0.3) is 11.3 Å². The minimum Gasteiger partial charge on any atom is -0.372 e. The molecular formula is C20H22N4O2. The lowest BCUT2D eigenvalue weighted by Crippen LogP contribution is -2.36. The van der Waals surface area contributed by atoms with Crippen molar-refractivity contribution in [3.8, 4) is 11.3 Å². The number of likely N-dealkylation sites (tertiary alicyclic amines) is 1. The lowest BCUT2D eigenvalue weighted by atomic mass is 10.1. The van der Waals surface area contributed by atoms with Crippen molar-refractivity contribution in [2.24, 2.45) is 0 Å². The highest BCUT2D eigenvalue weighted by molar-refractivity contribution is 5.57. The Morgan fingerprint density at radius 1 is 1.08 bits per heavy atom. The minimum absolute atomic E-state index is 0.301. The Labute approximate surface area is 152 Å². The second-order valence-corrected chi connectivity index (χ2v) is 6.52. The summed E-state index contributed by atoms with van der Waals surface area (Å²) in [5.74, 6) is 0.893. The van der Waals surface area contributed by atoms with E-state index < -0.39 is 0 Å². The summed E-state index contributed by atoms with van der Waals surface area (Å²) in [7, 11) is 0. The maximum absolute atomic E-state index is 6.00. The zero-order chi connectivity index (χ0) is 17.6. The van der Waals surface area contributed by atoms with Gasteiger partial charge in [-0.1, -0.05) is 11.2 Å². The molecule has 4 rings (SSSR count). The van der Waals surface area contributed by atoms with Crippen LogP contribution in [0, 0.1) is 0 Å². The van der Waals surface area contributed by atoms with E-state index in [1.807, 2.05) is 36.4 Å². The Kier molecular flexibility index (Phi) is 5.33. The zero-order valence-corrected chi connectivity index (χ0v) is 14.6. The molecule has 3 aromatic rings. The van der Waals surface area contributed by atoms with Gasteiger partial charge in [0.05, 0.1) is 24.9 Å². The Balaban J connectivity index is 1.25. The Morgan fingerprint density at radius 2 is 1.92 bits per heavy atom. The molecule has 0 unspecified atom stereocenters. The van der Waals surface area contributed by atoms with Gasteiger partial charge in [-0.3, -0.25) is 14.9 Å². The van der Waals surface area contributed by atoms with Gasteiger partial charge in [0.25, 0.3) is 0 Å². The number of aromatic nitrogens is 3. The molecule has 0 amide bonds. The van der Waals surface area contributed by atoms with E-state index in [0.29, 0.717) is 12.7 Å². The monoisotopic (exact) mass is 350 g/mol. The smallest absolute Gasteiger partial charge is 0.151 e. The van der Waals surface area contributed by atoms with Crippen molar-refractivity contribution in [2.45, 2.75) is 32.1 Å². The number of hydrogen-bond donors (Lipinski definition) is 0. The highest BCUT2D eigenvalue weighted by atomic mass is 16.5. The van der Waals surface area contributed by atoms with Gasteiger partial charge in [0, 0.05) is 43.3 Å². The van der Waals surface area contributed by atoms with Crippen molar-refractivity contribution < 1.29 is 9.26 Å². The van der Waals surface area contributed by atoms with Crippen LogP contribution in [-0.2, 0) is 17.9 Å². The summed E-state index contributed by atoms with van der Waals surface area (Å²) in [5, 5.41) is 4.17. The summed E-state index contributed by atoms with van der Waals surface area (Å²) in [6.45, 7) is 3.37. The average molecular weight is 350 g/mol. The Hall–Kier alpha value is -2.57. The van der Waals surface area contributed by atoms with E-state index in [1.54, 1.807) is 18.6 Å². The second-order valence-electron chi connectivity index (χ2n) is 6.52. The van der Waals surface area contributed by atoms with Crippen molar-refractivity contribution in [3.05, 3.63) is 66.4 Å². The summed E-state index contributed by atoms with van der Waals surface area (Å²) in [4.78, 5) is 10.7. The molecule has 0 atom stereocenters. The molecule has 6 heteroatoms. The van der Waals surface area contributed by atoms with Gasteiger partial charge in [0.1, 0.15) is 5.69 Å². The number of ether oxygens (including phenoxy) is 1. The summed E-state index contributed by atoms with van der Waals surface area (Å²) in [6, 6.07) is 11.8. The van der Waals surface area contributed by atoms with Gasteiger partial charge in [-0.05, 0) is 37.1 Å². The molecule has 0 radical (unpaired) electrons. The standard InChI is InChI=1S/C20H22N4O2/c1-2-8-22-17(3-1)15-25-18-6-11-24(12-7-18)14-19-13-20(23-26-19)16-4-9-21-10-5-16/h1-5,8-10,13,18H,6-7,11-12,14-15H2. The van der Waals surface area contributed by atoms with Crippen LogP contribution >= 0.6 is 0 Å². The molecule has 0 spiro atoms. The molecule has 3 aromatic heterocycles. The maximum Gasteiger partial charge on any atom is 0.151 e. The summed E-state index contributed by atoms with van der Waals surface area (Å²) in [5.41, 5.74) is 2.87. The van der Waals surface area contributed by atoms with Gasteiger partial charge < -0.3 is 9.26 Å². The molecule has 4 heterocycles. The van der Waals surface area contributed by atoms with Crippen LogP contribution in [0.5, 0.6) is 0 Å². The van der Waals surface area contributed by atoms with Crippen LogP contribution in [-0.4, -0.2) is 39.2 Å². The van der Waals surface area contributed by atoms with Crippen molar-refractivity contribution >= 4 is 0 Å². The molecule has 0 saturated carbocycles. The van der Waals surface area contributed by atoms with Crippen LogP contribution < -0.4 is 0 Å². The minimum atomic E-state index is 0.301. The molecule has 1 aliphatic heterocycles. The fourth-order valence-corrected chi connectivity index (χ4v) is 3.19. The highest BCUT2D eigenvalue weighted by Gasteiger charge is 2.21. The molecule has 134 valence electrons. The number of rotatable bonds is 6. The van der Waals surface area contributed by atoms with Crippen molar-refractivity contribution in [1.82, 2.24) is 20.0 Å². The normalized spacial score (nSPS) is 16.0. The predicted molar refractivity (Wildman–Crippen MR) is 97.1 cm³/mol. The predicted octanol–water partition coefficient (Wildman–Crippen LogP) is 3.31. The molecule has 0 bridgehead atoms. The van der Waals surface area contributed by atoms with Crippen LogP contribution in [0.3, 0.4) is 0 Å². The number of pyridine rings is 2. The average Bonchev–Trinajstić information content (AvgIpc) is 3.17. The van der Waals surface area contributed by atoms with Crippen LogP contribution in [0.1, 0.15) is 24.3 Å². The van der Waals surface area contributed by atoms with Gasteiger partial charge in [-0.15, -0.1) is 0 Å². The molecule has 0 N–H and O–H groups in total. The van der Waals surface area contributed by atoms with Crippen molar-refractivity contribution in [2.75, 3.05) is 13.1 Å². The Morgan fingerprint density at radius 3 is 2.69 bits per heavy atom. The number of hydrogen-bond acceptors (Lipinski definition) is 6. The zero-order valence-electron chi connectivity index (χ0n) is 14.6. The summed E-state index contributed by atoms with van der Waals surface area (Å²) >= 11 is 0. The third-order valence-corrected chi connectivity index (χ3v) is 4.64. The fourth-order valence-electron chi connectivity index (χ4n) is 3.19. The van der Waals surface area contributed by atoms with Crippen molar-refractivity contribution in [3.63, 3.8) is 0 Å². The van der Waals surface area contributed by atoms with E-state index in [2.05, 4.69) is 20.0 Å².